The van der Waals surface area contributed by atoms with Crippen molar-refractivity contribution < 1.29 is 28.6 Å². The van der Waals surface area contributed by atoms with E-state index < -0.39 is 12.6 Å². The third-order valence-electron chi connectivity index (χ3n) is 4.50. The average molecular weight is 448 g/mol. The summed E-state index contributed by atoms with van der Waals surface area (Å²) in [6.07, 6.45) is 3.36. The van der Waals surface area contributed by atoms with Gasteiger partial charge in [-0.2, -0.15) is 0 Å². The third kappa shape index (κ3) is 7.00. The Balaban J connectivity index is 1.93. The minimum Gasteiger partial charge on any atom is -0.493 e. The van der Waals surface area contributed by atoms with Gasteiger partial charge in [0.25, 0.3) is 0 Å². The first-order chi connectivity index (χ1) is 14.9. The number of amides is 1. The first-order valence-electron chi connectivity index (χ1n) is 9.91. The molecule has 166 valence electrons. The lowest BCUT2D eigenvalue weighted by molar-refractivity contribution is -0.116. The number of nitrogens with one attached hydrogen (secondary N) is 1. The number of carbonyl (C=O) groups is 3. The summed E-state index contributed by atoms with van der Waals surface area (Å²) in [5, 5.41) is 2.98. The molecule has 2 aromatic rings. The molecule has 0 bridgehead atoms. The lowest BCUT2D eigenvalue weighted by Crippen LogP contribution is -2.15. The predicted octanol–water partition coefficient (Wildman–Crippen LogP) is 4.92. The number of hydrogen-bond donors (Lipinski definition) is 1. The Morgan fingerprint density at radius 1 is 0.968 bits per heavy atom. The van der Waals surface area contributed by atoms with Crippen molar-refractivity contribution in [2.75, 3.05) is 26.1 Å². The zero-order valence-electron chi connectivity index (χ0n) is 17.8. The van der Waals surface area contributed by atoms with Gasteiger partial charge >= 0.3 is 5.97 Å². The van der Waals surface area contributed by atoms with Gasteiger partial charge in [0.05, 0.1) is 24.8 Å². The Bertz CT molecular complexity index is 926. The van der Waals surface area contributed by atoms with Gasteiger partial charge in [-0.15, -0.1) is 0 Å². The van der Waals surface area contributed by atoms with Crippen LogP contribution in [0.25, 0.3) is 0 Å². The number of benzene rings is 2. The second-order valence-corrected chi connectivity index (χ2v) is 7.18. The first-order valence-corrected chi connectivity index (χ1v) is 10.3. The number of rotatable bonds is 11. The van der Waals surface area contributed by atoms with Crippen molar-refractivity contribution in [3.05, 3.63) is 52.5 Å². The van der Waals surface area contributed by atoms with E-state index in [4.69, 9.17) is 25.8 Å². The lowest BCUT2D eigenvalue weighted by atomic mass is 10.1. The number of unbranched alkanes of at least 4 members (excludes halogenated alkanes) is 2. The number of carbonyl (C=O) groups excluding carboxylic acids is 3. The van der Waals surface area contributed by atoms with Gasteiger partial charge in [0.2, 0.25) is 5.91 Å². The molecule has 1 amide bonds. The molecule has 0 saturated heterocycles. The molecule has 0 aliphatic heterocycles. The van der Waals surface area contributed by atoms with Crippen LogP contribution in [-0.4, -0.2) is 38.5 Å². The van der Waals surface area contributed by atoms with E-state index >= 15 is 0 Å². The summed E-state index contributed by atoms with van der Waals surface area (Å²) in [5.41, 5.74) is 1.11. The maximum Gasteiger partial charge on any atom is 0.338 e. The maximum absolute atomic E-state index is 12.3. The largest absolute Gasteiger partial charge is 0.493 e. The minimum absolute atomic E-state index is 0.0602. The molecule has 31 heavy (non-hydrogen) atoms. The highest BCUT2D eigenvalue weighted by molar-refractivity contribution is 6.32. The topological polar surface area (TPSA) is 90.9 Å². The van der Waals surface area contributed by atoms with Crippen molar-refractivity contribution in [3.63, 3.8) is 0 Å². The average Bonchev–Trinajstić information content (AvgIpc) is 2.77. The first kappa shape index (κ1) is 24.2. The molecule has 8 heteroatoms. The molecule has 0 aliphatic carbocycles. The highest BCUT2D eigenvalue weighted by atomic mass is 35.5. The van der Waals surface area contributed by atoms with Gasteiger partial charge in [-0.05, 0) is 42.8 Å². The molecule has 0 radical (unpaired) electrons. The number of esters is 1. The van der Waals surface area contributed by atoms with Crippen molar-refractivity contribution >= 4 is 34.9 Å². The normalized spacial score (nSPS) is 10.3. The van der Waals surface area contributed by atoms with Crippen LogP contribution in [0.4, 0.5) is 5.69 Å². The highest BCUT2D eigenvalue weighted by Gasteiger charge is 2.17. The van der Waals surface area contributed by atoms with Crippen LogP contribution in [0, 0.1) is 0 Å². The van der Waals surface area contributed by atoms with Gasteiger partial charge in [0, 0.05) is 17.7 Å². The summed E-state index contributed by atoms with van der Waals surface area (Å²) < 4.78 is 15.4. The van der Waals surface area contributed by atoms with Gasteiger partial charge < -0.3 is 19.5 Å². The summed E-state index contributed by atoms with van der Waals surface area (Å²) in [6.45, 7) is 1.64. The highest BCUT2D eigenvalue weighted by Crippen LogP contribution is 2.36. The maximum atomic E-state index is 12.3. The van der Waals surface area contributed by atoms with Crippen LogP contribution in [-0.2, 0) is 9.53 Å². The fraction of sp³-hybridized carbons (Fsp3) is 0.348. The molecule has 0 spiro atoms. The van der Waals surface area contributed by atoms with E-state index in [1.54, 1.807) is 24.3 Å². The molecule has 0 fully saturated rings. The van der Waals surface area contributed by atoms with Gasteiger partial charge in [-0.3, -0.25) is 9.59 Å². The monoisotopic (exact) mass is 447 g/mol. The Hall–Kier alpha value is -3.06. The van der Waals surface area contributed by atoms with E-state index in [2.05, 4.69) is 12.2 Å². The van der Waals surface area contributed by atoms with Crippen LogP contribution in [0.1, 0.15) is 53.3 Å². The van der Waals surface area contributed by atoms with E-state index in [0.717, 1.165) is 19.3 Å². The van der Waals surface area contributed by atoms with Crippen molar-refractivity contribution in [1.29, 1.82) is 0 Å². The van der Waals surface area contributed by atoms with E-state index in [-0.39, 0.29) is 28.0 Å². The standard InChI is InChI=1S/C23H26ClNO6/c1-4-5-6-7-21(27)25-17-10-8-15(9-11-17)19(26)14-31-23(28)16-12-18(24)22(30-3)20(13-16)29-2/h8-13H,4-7,14H2,1-3H3,(H,25,27). The number of ketones is 1. The van der Waals surface area contributed by atoms with Crippen LogP contribution in [0.5, 0.6) is 11.5 Å². The molecular weight excluding hydrogens is 422 g/mol. The van der Waals surface area contributed by atoms with Crippen molar-refractivity contribution in [2.24, 2.45) is 0 Å². The van der Waals surface area contributed by atoms with Gasteiger partial charge in [-0.25, -0.2) is 4.79 Å². The fourth-order valence-electron chi connectivity index (χ4n) is 2.83. The van der Waals surface area contributed by atoms with Crippen molar-refractivity contribution in [2.45, 2.75) is 32.6 Å². The summed E-state index contributed by atoms with van der Waals surface area (Å²) in [6, 6.07) is 9.24. The number of hydrogen-bond acceptors (Lipinski definition) is 6. The fourth-order valence-corrected chi connectivity index (χ4v) is 3.12. The lowest BCUT2D eigenvalue weighted by Gasteiger charge is -2.11. The Morgan fingerprint density at radius 3 is 2.29 bits per heavy atom. The molecule has 0 unspecified atom stereocenters. The second kappa shape index (κ2) is 12.0. The number of ether oxygens (including phenoxy) is 3. The molecule has 0 aliphatic rings. The molecule has 2 aromatic carbocycles. The van der Waals surface area contributed by atoms with Gasteiger partial charge in [0.1, 0.15) is 0 Å². The third-order valence-corrected chi connectivity index (χ3v) is 4.78. The summed E-state index contributed by atoms with van der Waals surface area (Å²) >= 11 is 6.09. The van der Waals surface area contributed by atoms with E-state index in [1.807, 2.05) is 0 Å². The molecule has 2 rings (SSSR count). The van der Waals surface area contributed by atoms with E-state index in [1.165, 1.54) is 26.4 Å². The Kier molecular flexibility index (Phi) is 9.34. The van der Waals surface area contributed by atoms with Gasteiger partial charge in [0.15, 0.2) is 23.9 Å². The molecule has 0 aromatic heterocycles. The van der Waals surface area contributed by atoms with E-state index in [9.17, 15) is 14.4 Å². The summed E-state index contributed by atoms with van der Waals surface area (Å²) in [5.74, 6) is -0.571. The Labute approximate surface area is 186 Å². The van der Waals surface area contributed by atoms with Crippen LogP contribution in [0.2, 0.25) is 5.02 Å². The predicted molar refractivity (Wildman–Crippen MR) is 118 cm³/mol. The quantitative estimate of drug-likeness (QED) is 0.299. The van der Waals surface area contributed by atoms with Gasteiger partial charge in [-0.1, -0.05) is 31.4 Å². The van der Waals surface area contributed by atoms with Crippen LogP contribution in [0.15, 0.2) is 36.4 Å². The number of methoxy groups -OCH3 is 2. The molecular formula is C23H26ClNO6. The smallest absolute Gasteiger partial charge is 0.338 e. The molecule has 0 saturated carbocycles. The minimum atomic E-state index is -0.716. The van der Waals surface area contributed by atoms with Crippen molar-refractivity contribution in [3.8, 4) is 11.5 Å². The number of halogens is 1. The SMILES string of the molecule is CCCCCC(=O)Nc1ccc(C(=O)COC(=O)c2cc(Cl)c(OC)c(OC)c2)cc1. The number of Topliss-reactive ketones (excluding diaryl/α,β-unsaturated/α-hetero) is 1. The second-order valence-electron chi connectivity index (χ2n) is 6.78. The summed E-state index contributed by atoms with van der Waals surface area (Å²) in [4.78, 5) is 36.5. The molecule has 0 atom stereocenters. The molecule has 1 N–H and O–H groups in total. The van der Waals surface area contributed by atoms with Crippen LogP contribution >= 0.6 is 11.6 Å². The Morgan fingerprint density at radius 2 is 1.68 bits per heavy atom. The zero-order chi connectivity index (χ0) is 22.8. The molecule has 0 heterocycles. The zero-order valence-corrected chi connectivity index (χ0v) is 18.6. The van der Waals surface area contributed by atoms with Crippen molar-refractivity contribution in [1.82, 2.24) is 0 Å². The van der Waals surface area contributed by atoms with E-state index in [0.29, 0.717) is 23.4 Å². The summed E-state index contributed by atoms with van der Waals surface area (Å²) in [7, 11) is 2.85. The van der Waals surface area contributed by atoms with Crippen LogP contribution < -0.4 is 14.8 Å². The number of anilines is 1. The van der Waals surface area contributed by atoms with Crippen LogP contribution in [0.3, 0.4) is 0 Å². The molecule has 7 nitrogen and oxygen atoms in total.